The molecule has 0 spiro atoms. The van der Waals surface area contributed by atoms with Crippen molar-refractivity contribution >= 4 is 23.7 Å². The minimum absolute atomic E-state index is 0.447. The van der Waals surface area contributed by atoms with Gasteiger partial charge in [-0.2, -0.15) is 0 Å². The highest BCUT2D eigenvalue weighted by atomic mass is 31.2. The van der Waals surface area contributed by atoms with E-state index in [1.807, 2.05) is 30.3 Å². The lowest BCUT2D eigenvalue weighted by molar-refractivity contribution is 0.345. The third kappa shape index (κ3) is 3.54. The standard InChI is InChI=1S/C23H22NO4P/c1-26-20-11-5-7-13-22(20)29(25,23-14-8-6-12-21(23)27-2)28-24-19-16-15-17-9-3-4-10-18(17)19/h3-14H,15-16H2,1-2H3/b24-19+. The van der Waals surface area contributed by atoms with Crippen LogP contribution in [0.5, 0.6) is 11.5 Å². The van der Waals surface area contributed by atoms with Crippen molar-refractivity contribution < 1.29 is 18.7 Å². The zero-order valence-corrected chi connectivity index (χ0v) is 17.3. The SMILES string of the molecule is COc1ccccc1P(=O)(O/N=C1\CCc2ccccc21)c1ccccc1OC. The topological polar surface area (TPSA) is 57.1 Å². The highest BCUT2D eigenvalue weighted by Gasteiger charge is 2.37. The van der Waals surface area contributed by atoms with Gasteiger partial charge in [-0.05, 0) is 42.7 Å². The fraction of sp³-hybridized carbons (Fsp3) is 0.174. The summed E-state index contributed by atoms with van der Waals surface area (Å²) < 4.78 is 31.2. The van der Waals surface area contributed by atoms with Gasteiger partial charge in [0.2, 0.25) is 0 Å². The lowest BCUT2D eigenvalue weighted by Crippen LogP contribution is -2.20. The summed E-state index contributed by atoms with van der Waals surface area (Å²) in [5.74, 6) is 0.961. The number of nitrogens with zero attached hydrogens (tertiary/aromatic N) is 1. The van der Waals surface area contributed by atoms with Crippen LogP contribution < -0.4 is 20.1 Å². The van der Waals surface area contributed by atoms with Crippen LogP contribution in [0, 0.1) is 0 Å². The number of methoxy groups -OCH3 is 2. The Balaban J connectivity index is 1.84. The average molecular weight is 407 g/mol. The molecule has 5 nitrogen and oxygen atoms in total. The van der Waals surface area contributed by atoms with Crippen LogP contribution in [0.15, 0.2) is 78.0 Å². The van der Waals surface area contributed by atoms with Crippen LogP contribution >= 0.6 is 7.37 Å². The summed E-state index contributed by atoms with van der Waals surface area (Å²) in [6.07, 6.45) is 1.64. The second kappa shape index (κ2) is 8.14. The molecule has 0 atom stereocenters. The van der Waals surface area contributed by atoms with Gasteiger partial charge in [-0.25, -0.2) is 0 Å². The molecular weight excluding hydrogens is 385 g/mol. The van der Waals surface area contributed by atoms with Gasteiger partial charge < -0.3 is 14.1 Å². The van der Waals surface area contributed by atoms with Crippen LogP contribution in [0.3, 0.4) is 0 Å². The molecule has 0 N–H and O–H groups in total. The Labute approximate surface area is 170 Å². The van der Waals surface area contributed by atoms with Gasteiger partial charge in [-0.3, -0.25) is 4.57 Å². The highest BCUT2D eigenvalue weighted by Crippen LogP contribution is 2.50. The maximum Gasteiger partial charge on any atom is 0.337 e. The first-order chi connectivity index (χ1) is 14.2. The minimum atomic E-state index is -3.63. The molecule has 0 fully saturated rings. The molecule has 4 rings (SSSR count). The summed E-state index contributed by atoms with van der Waals surface area (Å²) in [5.41, 5.74) is 3.06. The number of fused-ring (bicyclic) bond motifs is 1. The van der Waals surface area contributed by atoms with Crippen molar-refractivity contribution in [3.05, 3.63) is 83.9 Å². The van der Waals surface area contributed by atoms with Crippen LogP contribution in [-0.2, 0) is 15.6 Å². The second-order valence-electron chi connectivity index (χ2n) is 6.67. The molecule has 3 aromatic rings. The zero-order chi connectivity index (χ0) is 20.3. The molecule has 0 heterocycles. The van der Waals surface area contributed by atoms with E-state index < -0.39 is 7.37 Å². The van der Waals surface area contributed by atoms with E-state index in [0.29, 0.717) is 22.1 Å². The molecule has 0 radical (unpaired) electrons. The largest absolute Gasteiger partial charge is 0.496 e. The minimum Gasteiger partial charge on any atom is -0.496 e. The third-order valence-corrected chi connectivity index (χ3v) is 7.35. The first-order valence-corrected chi connectivity index (χ1v) is 11.0. The Bertz CT molecular complexity index is 1060. The monoisotopic (exact) mass is 407 g/mol. The molecule has 0 aliphatic heterocycles. The molecule has 6 heteroatoms. The molecule has 29 heavy (non-hydrogen) atoms. The quantitative estimate of drug-likeness (QED) is 0.452. The molecular formula is C23H22NO4P. The summed E-state index contributed by atoms with van der Waals surface area (Å²) in [4.78, 5) is 0. The van der Waals surface area contributed by atoms with E-state index in [4.69, 9.17) is 14.1 Å². The molecule has 0 saturated carbocycles. The van der Waals surface area contributed by atoms with Crippen molar-refractivity contribution in [3.8, 4) is 11.5 Å². The first-order valence-electron chi connectivity index (χ1n) is 9.38. The zero-order valence-electron chi connectivity index (χ0n) is 16.4. The molecule has 148 valence electrons. The van der Waals surface area contributed by atoms with E-state index in [1.165, 1.54) is 5.56 Å². The Hall–Kier alpha value is -3.04. The van der Waals surface area contributed by atoms with E-state index in [9.17, 15) is 4.57 Å². The number of hydrogen-bond donors (Lipinski definition) is 0. The van der Waals surface area contributed by atoms with Gasteiger partial charge in [-0.1, -0.05) is 53.7 Å². The lowest BCUT2D eigenvalue weighted by atomic mass is 10.1. The summed E-state index contributed by atoms with van der Waals surface area (Å²) >= 11 is 0. The van der Waals surface area contributed by atoms with Gasteiger partial charge >= 0.3 is 7.37 Å². The molecule has 1 aliphatic rings. The van der Waals surface area contributed by atoms with Crippen molar-refractivity contribution in [1.29, 1.82) is 0 Å². The molecule has 0 amide bonds. The van der Waals surface area contributed by atoms with Gasteiger partial charge in [0.05, 0.1) is 30.5 Å². The second-order valence-corrected chi connectivity index (χ2v) is 8.90. The molecule has 0 bridgehead atoms. The number of hydrogen-bond acceptors (Lipinski definition) is 5. The van der Waals surface area contributed by atoms with E-state index >= 15 is 0 Å². The average Bonchev–Trinajstić information content (AvgIpc) is 3.20. The van der Waals surface area contributed by atoms with Crippen LogP contribution in [-0.4, -0.2) is 19.9 Å². The summed E-state index contributed by atoms with van der Waals surface area (Å²) in [7, 11) is -0.542. The van der Waals surface area contributed by atoms with Gasteiger partial charge in [0.15, 0.2) is 0 Å². The number of para-hydroxylation sites is 2. The van der Waals surface area contributed by atoms with Crippen LogP contribution in [0.4, 0.5) is 0 Å². The number of ether oxygens (including phenoxy) is 2. The van der Waals surface area contributed by atoms with Crippen LogP contribution in [0.1, 0.15) is 17.5 Å². The van der Waals surface area contributed by atoms with Gasteiger partial charge in [-0.15, -0.1) is 0 Å². The Morgan fingerprint density at radius 3 is 1.93 bits per heavy atom. The fourth-order valence-corrected chi connectivity index (χ4v) is 5.70. The van der Waals surface area contributed by atoms with E-state index in [2.05, 4.69) is 11.2 Å². The van der Waals surface area contributed by atoms with Crippen molar-refractivity contribution in [2.75, 3.05) is 14.2 Å². The van der Waals surface area contributed by atoms with Crippen molar-refractivity contribution in [3.63, 3.8) is 0 Å². The van der Waals surface area contributed by atoms with Crippen LogP contribution in [0.25, 0.3) is 0 Å². The molecule has 0 aromatic heterocycles. The molecule has 1 aliphatic carbocycles. The Kier molecular flexibility index (Phi) is 5.41. The molecule has 3 aromatic carbocycles. The summed E-state index contributed by atoms with van der Waals surface area (Å²) in [6.45, 7) is 0. The van der Waals surface area contributed by atoms with Crippen LogP contribution in [0.2, 0.25) is 0 Å². The van der Waals surface area contributed by atoms with E-state index in [1.54, 1.807) is 50.6 Å². The lowest BCUT2D eigenvalue weighted by Gasteiger charge is -2.20. The van der Waals surface area contributed by atoms with Gasteiger partial charge in [0, 0.05) is 5.56 Å². The number of rotatable bonds is 6. The maximum atomic E-state index is 14.4. The fourth-order valence-electron chi connectivity index (χ4n) is 3.57. The third-order valence-electron chi connectivity index (χ3n) is 5.03. The smallest absolute Gasteiger partial charge is 0.337 e. The number of oxime groups is 1. The highest BCUT2D eigenvalue weighted by molar-refractivity contribution is 7.74. The van der Waals surface area contributed by atoms with Crippen molar-refractivity contribution in [1.82, 2.24) is 0 Å². The van der Waals surface area contributed by atoms with Gasteiger partial charge in [0.1, 0.15) is 11.5 Å². The predicted octanol–water partition coefficient (Wildman–Crippen LogP) is 4.30. The maximum absolute atomic E-state index is 14.4. The molecule has 0 unspecified atom stereocenters. The van der Waals surface area contributed by atoms with Crippen molar-refractivity contribution in [2.45, 2.75) is 12.8 Å². The summed E-state index contributed by atoms with van der Waals surface area (Å²) in [5, 5.41) is 5.28. The Morgan fingerprint density at radius 2 is 1.31 bits per heavy atom. The van der Waals surface area contributed by atoms with Gasteiger partial charge in [0.25, 0.3) is 0 Å². The predicted molar refractivity (Wildman–Crippen MR) is 115 cm³/mol. The van der Waals surface area contributed by atoms with E-state index in [0.717, 1.165) is 24.1 Å². The van der Waals surface area contributed by atoms with E-state index in [-0.39, 0.29) is 0 Å². The Morgan fingerprint density at radius 1 is 0.759 bits per heavy atom. The summed E-state index contributed by atoms with van der Waals surface area (Å²) in [6, 6.07) is 22.4. The normalized spacial score (nSPS) is 14.5. The molecule has 0 saturated heterocycles. The van der Waals surface area contributed by atoms with Crippen molar-refractivity contribution in [2.24, 2.45) is 5.16 Å². The first kappa shape index (κ1) is 19.3. The number of aryl methyl sites for hydroxylation is 1. The number of benzene rings is 3.